The molecule has 2 aromatic rings. The minimum atomic E-state index is -0.812. The van der Waals surface area contributed by atoms with Crippen LogP contribution in [0, 0.1) is 11.3 Å². The van der Waals surface area contributed by atoms with E-state index in [1.165, 1.54) is 5.70 Å². The predicted octanol–water partition coefficient (Wildman–Crippen LogP) is 4.42. The number of hydrazone groups is 1. The van der Waals surface area contributed by atoms with Gasteiger partial charge in [0, 0.05) is 48.5 Å². The van der Waals surface area contributed by atoms with Gasteiger partial charge in [0.1, 0.15) is 5.82 Å². The largest absolute Gasteiger partial charge is 0.481 e. The van der Waals surface area contributed by atoms with Crippen LogP contribution < -0.4 is 5.01 Å². The molecular formula is C27H32N6O3. The number of hydrogen-bond donors (Lipinski definition) is 2. The van der Waals surface area contributed by atoms with Gasteiger partial charge in [0.15, 0.2) is 5.66 Å². The fraction of sp³-hybridized carbons (Fsp3) is 0.481. The summed E-state index contributed by atoms with van der Waals surface area (Å²) in [6.45, 7) is 2.37. The number of fused-ring (bicyclic) bond motifs is 3. The highest BCUT2D eigenvalue weighted by molar-refractivity contribution is 6.08. The first kappa shape index (κ1) is 23.0. The van der Waals surface area contributed by atoms with Gasteiger partial charge < -0.3 is 14.8 Å². The normalized spacial score (nSPS) is 31.1. The molecule has 4 aliphatic rings. The number of hydrogen-bond acceptors (Lipinski definition) is 6. The molecule has 0 bridgehead atoms. The van der Waals surface area contributed by atoms with Gasteiger partial charge in [-0.1, -0.05) is 12.2 Å². The Labute approximate surface area is 210 Å². The third-order valence-electron chi connectivity index (χ3n) is 8.36. The molecule has 6 rings (SSSR count). The lowest BCUT2D eigenvalue weighted by Gasteiger charge is -2.42. The Hall–Kier alpha value is -3.46. The van der Waals surface area contributed by atoms with Crippen LogP contribution in [0.1, 0.15) is 62.5 Å². The number of nitrogens with zero attached hydrogens (tertiary/aromatic N) is 5. The minimum absolute atomic E-state index is 0.0624. The van der Waals surface area contributed by atoms with Crippen molar-refractivity contribution in [2.45, 2.75) is 57.0 Å². The number of nitrogens with one attached hydrogen (secondary N) is 1. The third kappa shape index (κ3) is 3.48. The monoisotopic (exact) mass is 488 g/mol. The van der Waals surface area contributed by atoms with Gasteiger partial charge in [-0.3, -0.25) is 9.79 Å². The zero-order valence-electron chi connectivity index (χ0n) is 20.7. The van der Waals surface area contributed by atoms with E-state index in [1.54, 1.807) is 7.11 Å². The van der Waals surface area contributed by atoms with Crippen molar-refractivity contribution in [2.24, 2.45) is 21.4 Å². The summed E-state index contributed by atoms with van der Waals surface area (Å²) in [5.74, 6) is 0.304. The maximum atomic E-state index is 12.1. The Morgan fingerprint density at radius 2 is 2.17 bits per heavy atom. The predicted molar refractivity (Wildman–Crippen MR) is 138 cm³/mol. The molecule has 2 aromatic heterocycles. The molecule has 4 heterocycles. The smallest absolute Gasteiger partial charge is 0.311 e. The van der Waals surface area contributed by atoms with Gasteiger partial charge >= 0.3 is 5.97 Å². The molecule has 2 atom stereocenters. The number of H-pyrrole nitrogens is 1. The molecule has 0 saturated heterocycles. The molecule has 9 nitrogen and oxygen atoms in total. The molecule has 36 heavy (non-hydrogen) atoms. The van der Waals surface area contributed by atoms with Gasteiger partial charge in [0.05, 0.1) is 29.8 Å². The van der Waals surface area contributed by atoms with Gasteiger partial charge in [-0.05, 0) is 57.6 Å². The van der Waals surface area contributed by atoms with Crippen LogP contribution in [0.5, 0.6) is 0 Å². The zero-order chi connectivity index (χ0) is 24.9. The molecular weight excluding hydrogens is 456 g/mol. The van der Waals surface area contributed by atoms with Gasteiger partial charge in [0.2, 0.25) is 0 Å². The molecule has 2 N–H and O–H groups in total. The van der Waals surface area contributed by atoms with Gasteiger partial charge in [-0.15, -0.1) is 0 Å². The number of aliphatic carboxylic acids is 1. The second-order valence-electron chi connectivity index (χ2n) is 10.5. The maximum Gasteiger partial charge on any atom is 0.311 e. The van der Waals surface area contributed by atoms with Crippen LogP contribution in [0.3, 0.4) is 0 Å². The van der Waals surface area contributed by atoms with Crippen molar-refractivity contribution in [3.8, 4) is 0 Å². The van der Waals surface area contributed by atoms with E-state index in [4.69, 9.17) is 14.8 Å². The van der Waals surface area contributed by atoms with E-state index in [-0.39, 0.29) is 18.4 Å². The molecule has 9 heteroatoms. The second-order valence-corrected chi connectivity index (χ2v) is 10.5. The van der Waals surface area contributed by atoms with E-state index < -0.39 is 17.0 Å². The number of carboxylic acid groups (broad SMARTS) is 1. The highest BCUT2D eigenvalue weighted by Gasteiger charge is 2.51. The van der Waals surface area contributed by atoms with Crippen LogP contribution in [0.2, 0.25) is 0 Å². The quantitative estimate of drug-likeness (QED) is 0.626. The van der Waals surface area contributed by atoms with Crippen molar-refractivity contribution < 1.29 is 14.6 Å². The lowest BCUT2D eigenvalue weighted by Crippen LogP contribution is -2.48. The number of ether oxygens (including phenoxy) is 1. The summed E-state index contributed by atoms with van der Waals surface area (Å²) < 4.78 is 7.26. The van der Waals surface area contributed by atoms with Gasteiger partial charge in [-0.25, -0.2) is 9.69 Å². The Morgan fingerprint density at radius 3 is 2.89 bits per heavy atom. The van der Waals surface area contributed by atoms with Crippen LogP contribution in [0.25, 0.3) is 5.70 Å². The molecule has 0 aromatic carbocycles. The first-order valence-electron chi connectivity index (χ1n) is 12.7. The molecule has 2 aliphatic heterocycles. The standard InChI is InChI=1S/C27H32N6O3/c1-26-22(19-14-29-32(16-19)20-6-4-3-5-7-20)15-30-33(26)24-21(10-13-28-24)23(31-26)18-8-11-27(12-9-18,17-36-2)25(34)35/h3-4,6,10,13-16,18,22,28H,5,7-9,11-12,17H2,1-2H3,(H,34,35). The molecule has 2 unspecified atom stereocenters. The summed E-state index contributed by atoms with van der Waals surface area (Å²) in [5, 5.41) is 21.3. The first-order valence-corrected chi connectivity index (χ1v) is 12.7. The third-order valence-corrected chi connectivity index (χ3v) is 8.36. The Bertz CT molecular complexity index is 1290. The Kier molecular flexibility index (Phi) is 5.48. The second kappa shape index (κ2) is 8.58. The van der Waals surface area contributed by atoms with E-state index >= 15 is 0 Å². The van der Waals surface area contributed by atoms with Crippen molar-refractivity contribution in [2.75, 3.05) is 18.7 Å². The van der Waals surface area contributed by atoms with Gasteiger partial charge in [0.25, 0.3) is 0 Å². The zero-order valence-corrected chi connectivity index (χ0v) is 20.7. The number of allylic oxidation sites excluding steroid dienone is 4. The topological polar surface area (TPSA) is 108 Å². The molecule has 0 amide bonds. The summed E-state index contributed by atoms with van der Waals surface area (Å²) in [5.41, 5.74) is 2.92. The highest BCUT2D eigenvalue weighted by atomic mass is 16.5. The average Bonchev–Trinajstić information content (AvgIpc) is 3.63. The Balaban J connectivity index is 1.32. The number of anilines is 1. The molecule has 0 radical (unpaired) electrons. The summed E-state index contributed by atoms with van der Waals surface area (Å²) in [6, 6.07) is 2.06. The summed E-state index contributed by atoms with van der Waals surface area (Å²) in [6.07, 6.45) is 19.0. The molecule has 2 aliphatic carbocycles. The number of carbonyl (C=O) groups is 1. The number of aliphatic imine (C=N–C) groups is 1. The van der Waals surface area contributed by atoms with Crippen LogP contribution in [-0.2, 0) is 9.53 Å². The first-order chi connectivity index (χ1) is 17.4. The number of carboxylic acids is 1. The van der Waals surface area contributed by atoms with Crippen LogP contribution in [0.15, 0.2) is 53.0 Å². The number of aromatic amines is 1. The maximum absolute atomic E-state index is 12.1. The van der Waals surface area contributed by atoms with Crippen molar-refractivity contribution >= 4 is 29.4 Å². The van der Waals surface area contributed by atoms with Crippen molar-refractivity contribution in [3.63, 3.8) is 0 Å². The fourth-order valence-electron chi connectivity index (χ4n) is 6.26. The van der Waals surface area contributed by atoms with E-state index in [9.17, 15) is 9.90 Å². The van der Waals surface area contributed by atoms with E-state index in [0.29, 0.717) is 12.8 Å². The van der Waals surface area contributed by atoms with Crippen LogP contribution in [0.4, 0.5) is 5.82 Å². The Morgan fingerprint density at radius 1 is 1.33 bits per heavy atom. The fourth-order valence-corrected chi connectivity index (χ4v) is 6.26. The number of methoxy groups -OCH3 is 1. The SMILES string of the molecule is COCC1(C(=O)O)CCC(C2=NC3(C)C(c4cnn(C5=CC=CCC5)c4)C=NN3c3[nH]ccc32)CC1. The molecule has 188 valence electrons. The van der Waals surface area contributed by atoms with Crippen molar-refractivity contribution in [1.82, 2.24) is 14.8 Å². The summed E-state index contributed by atoms with van der Waals surface area (Å²) in [7, 11) is 1.58. The highest BCUT2D eigenvalue weighted by Crippen LogP contribution is 2.48. The lowest BCUT2D eigenvalue weighted by atomic mass is 9.69. The van der Waals surface area contributed by atoms with Crippen molar-refractivity contribution in [1.29, 1.82) is 0 Å². The lowest BCUT2D eigenvalue weighted by molar-refractivity contribution is -0.155. The van der Waals surface area contributed by atoms with E-state index in [1.807, 2.05) is 28.3 Å². The van der Waals surface area contributed by atoms with Crippen LogP contribution in [-0.4, -0.2) is 57.1 Å². The van der Waals surface area contributed by atoms with E-state index in [2.05, 4.69) is 47.5 Å². The minimum Gasteiger partial charge on any atom is -0.481 e. The molecule has 0 spiro atoms. The van der Waals surface area contributed by atoms with Crippen molar-refractivity contribution in [3.05, 3.63) is 54.0 Å². The number of aromatic nitrogens is 3. The number of rotatable bonds is 6. The van der Waals surface area contributed by atoms with Crippen LogP contribution >= 0.6 is 0 Å². The molecule has 1 saturated carbocycles. The van der Waals surface area contributed by atoms with E-state index in [0.717, 1.165) is 48.3 Å². The average molecular weight is 489 g/mol. The summed E-state index contributed by atoms with van der Waals surface area (Å²) >= 11 is 0. The van der Waals surface area contributed by atoms with Gasteiger partial charge in [-0.2, -0.15) is 10.2 Å². The molecule has 1 fully saturated rings. The summed E-state index contributed by atoms with van der Waals surface area (Å²) in [4.78, 5) is 20.8.